The molecule has 1 aromatic heterocycles. The minimum Gasteiger partial charge on any atom is -0.368 e. The second-order valence-electron chi connectivity index (χ2n) is 7.18. The molecule has 2 rings (SSSR count). The van der Waals surface area contributed by atoms with Gasteiger partial charge in [0.25, 0.3) is 0 Å². The van der Waals surface area contributed by atoms with Crippen LogP contribution >= 0.6 is 0 Å². The van der Waals surface area contributed by atoms with Crippen LogP contribution in [0.4, 0.5) is 0 Å². The monoisotopic (exact) mass is 356 g/mol. The number of nitrogens with two attached hydrogens (primary N) is 1. The van der Waals surface area contributed by atoms with Gasteiger partial charge in [0.15, 0.2) is 0 Å². The number of pyridine rings is 1. The first-order chi connectivity index (χ1) is 12.5. The van der Waals surface area contributed by atoms with Crippen molar-refractivity contribution in [3.63, 3.8) is 0 Å². The predicted molar refractivity (Wildman–Crippen MR) is 108 cm³/mol. The van der Waals surface area contributed by atoms with Gasteiger partial charge in [-0.25, -0.2) is 0 Å². The van der Waals surface area contributed by atoms with Gasteiger partial charge in [-0.1, -0.05) is 45.4 Å². The summed E-state index contributed by atoms with van der Waals surface area (Å²) in [4.78, 5) is 16.3. The van der Waals surface area contributed by atoms with Gasteiger partial charge in [0.05, 0.1) is 5.52 Å². The molecule has 1 amide bonds. The summed E-state index contributed by atoms with van der Waals surface area (Å²) < 4.78 is 0. The molecule has 1 aromatic carbocycles. The van der Waals surface area contributed by atoms with Crippen LogP contribution in [0.2, 0.25) is 0 Å². The molecular formula is C21H32N4O. The third-order valence-corrected chi connectivity index (χ3v) is 5.03. The Labute approximate surface area is 156 Å². The zero-order valence-corrected chi connectivity index (χ0v) is 16.2. The van der Waals surface area contributed by atoms with Crippen molar-refractivity contribution in [2.75, 3.05) is 19.6 Å². The van der Waals surface area contributed by atoms with Crippen molar-refractivity contribution in [3.8, 4) is 0 Å². The van der Waals surface area contributed by atoms with Crippen LogP contribution in [0.5, 0.6) is 0 Å². The van der Waals surface area contributed by atoms with E-state index in [4.69, 9.17) is 5.73 Å². The molecular weight excluding hydrogens is 324 g/mol. The van der Waals surface area contributed by atoms with Gasteiger partial charge in [0.1, 0.15) is 6.04 Å². The molecule has 2 atom stereocenters. The van der Waals surface area contributed by atoms with Gasteiger partial charge >= 0.3 is 0 Å². The van der Waals surface area contributed by atoms with Crippen LogP contribution < -0.4 is 16.4 Å². The molecule has 0 bridgehead atoms. The fourth-order valence-electron chi connectivity index (χ4n) is 3.34. The van der Waals surface area contributed by atoms with Crippen molar-refractivity contribution >= 4 is 16.8 Å². The standard InChI is InChI=1S/C21H32N4O/c1-4-16(15(2)3)14-23-11-7-13-25-20(21(22)26)18-8-5-10-19-17(18)9-6-12-24-19/h5-6,8-10,12,15-16,20,23,25H,4,7,11,13-14H2,1-3H3,(H2,22,26). The van der Waals surface area contributed by atoms with E-state index in [1.807, 2.05) is 30.3 Å². The van der Waals surface area contributed by atoms with Gasteiger partial charge in [0, 0.05) is 11.6 Å². The fourth-order valence-corrected chi connectivity index (χ4v) is 3.34. The van der Waals surface area contributed by atoms with Gasteiger partial charge in [-0.15, -0.1) is 0 Å². The molecule has 0 saturated heterocycles. The van der Waals surface area contributed by atoms with Crippen molar-refractivity contribution in [1.82, 2.24) is 15.6 Å². The third-order valence-electron chi connectivity index (χ3n) is 5.03. The van der Waals surface area contributed by atoms with E-state index in [9.17, 15) is 4.79 Å². The van der Waals surface area contributed by atoms with Crippen LogP contribution in [0.3, 0.4) is 0 Å². The lowest BCUT2D eigenvalue weighted by Gasteiger charge is -2.20. The maximum Gasteiger partial charge on any atom is 0.239 e. The lowest BCUT2D eigenvalue weighted by atomic mass is 9.93. The minimum atomic E-state index is -0.498. The first-order valence-electron chi connectivity index (χ1n) is 9.61. The number of hydrogen-bond donors (Lipinski definition) is 3. The zero-order valence-electron chi connectivity index (χ0n) is 16.2. The lowest BCUT2D eigenvalue weighted by Crippen LogP contribution is -2.35. The Morgan fingerprint density at radius 2 is 2.00 bits per heavy atom. The maximum absolute atomic E-state index is 12.0. The molecule has 0 radical (unpaired) electrons. The zero-order chi connectivity index (χ0) is 18.9. The average molecular weight is 357 g/mol. The number of fused-ring (bicyclic) bond motifs is 1. The van der Waals surface area contributed by atoms with Crippen LogP contribution in [0, 0.1) is 11.8 Å². The van der Waals surface area contributed by atoms with Crippen LogP contribution in [0.25, 0.3) is 10.9 Å². The third kappa shape index (κ3) is 5.51. The number of carbonyl (C=O) groups is 1. The molecule has 2 aromatic rings. The molecule has 0 fully saturated rings. The fraction of sp³-hybridized carbons (Fsp3) is 0.524. The highest BCUT2D eigenvalue weighted by atomic mass is 16.1. The Morgan fingerprint density at radius 3 is 2.69 bits per heavy atom. The van der Waals surface area contributed by atoms with Gasteiger partial charge in [-0.3, -0.25) is 9.78 Å². The highest BCUT2D eigenvalue weighted by Gasteiger charge is 2.19. The summed E-state index contributed by atoms with van der Waals surface area (Å²) in [6, 6.07) is 9.17. The molecule has 0 spiro atoms. The van der Waals surface area contributed by atoms with E-state index in [0.717, 1.165) is 42.5 Å². The van der Waals surface area contributed by atoms with Crippen molar-refractivity contribution in [3.05, 3.63) is 42.1 Å². The summed E-state index contributed by atoms with van der Waals surface area (Å²) >= 11 is 0. The molecule has 5 nitrogen and oxygen atoms in total. The molecule has 4 N–H and O–H groups in total. The van der Waals surface area contributed by atoms with Crippen molar-refractivity contribution < 1.29 is 4.79 Å². The van der Waals surface area contributed by atoms with E-state index in [1.165, 1.54) is 6.42 Å². The summed E-state index contributed by atoms with van der Waals surface area (Å²) in [7, 11) is 0. The molecule has 26 heavy (non-hydrogen) atoms. The van der Waals surface area contributed by atoms with Gasteiger partial charge in [0.2, 0.25) is 5.91 Å². The second kappa shape index (κ2) is 10.2. The molecule has 5 heteroatoms. The Balaban J connectivity index is 1.88. The van der Waals surface area contributed by atoms with Crippen LogP contribution in [-0.4, -0.2) is 30.5 Å². The average Bonchev–Trinajstić information content (AvgIpc) is 2.63. The molecule has 142 valence electrons. The first kappa shape index (κ1) is 20.3. The van der Waals surface area contributed by atoms with Gasteiger partial charge in [-0.2, -0.15) is 0 Å². The van der Waals surface area contributed by atoms with Crippen molar-refractivity contribution in [2.45, 2.75) is 39.7 Å². The molecule has 0 saturated carbocycles. The minimum absolute atomic E-state index is 0.361. The van der Waals surface area contributed by atoms with E-state index in [1.54, 1.807) is 6.20 Å². The summed E-state index contributed by atoms with van der Waals surface area (Å²) in [6.07, 6.45) is 3.90. The molecule has 2 unspecified atom stereocenters. The molecule has 0 aliphatic heterocycles. The maximum atomic E-state index is 12.0. The SMILES string of the molecule is CCC(CNCCCNC(C(N)=O)c1cccc2ncccc12)C(C)C. The number of carbonyl (C=O) groups excluding carboxylic acids is 1. The molecule has 1 heterocycles. The first-order valence-corrected chi connectivity index (χ1v) is 9.61. The number of nitrogens with one attached hydrogen (secondary N) is 2. The highest BCUT2D eigenvalue weighted by Crippen LogP contribution is 2.22. The van der Waals surface area contributed by atoms with E-state index >= 15 is 0 Å². The van der Waals surface area contributed by atoms with Gasteiger partial charge in [-0.05, 0) is 55.6 Å². The van der Waals surface area contributed by atoms with E-state index < -0.39 is 6.04 Å². The summed E-state index contributed by atoms with van der Waals surface area (Å²) in [5.41, 5.74) is 7.42. The second-order valence-corrected chi connectivity index (χ2v) is 7.18. The van der Waals surface area contributed by atoms with Crippen molar-refractivity contribution in [2.24, 2.45) is 17.6 Å². The number of rotatable bonds is 11. The predicted octanol–water partition coefficient (Wildman–Crippen LogP) is 3.01. The summed E-state index contributed by atoms with van der Waals surface area (Å²) in [5, 5.41) is 7.80. The highest BCUT2D eigenvalue weighted by molar-refractivity contribution is 5.90. The number of amides is 1. The van der Waals surface area contributed by atoms with E-state index in [0.29, 0.717) is 11.8 Å². The van der Waals surface area contributed by atoms with Crippen LogP contribution in [-0.2, 0) is 4.79 Å². The Hall–Kier alpha value is -1.98. The Bertz CT molecular complexity index is 696. The van der Waals surface area contributed by atoms with Crippen LogP contribution in [0.15, 0.2) is 36.5 Å². The largest absolute Gasteiger partial charge is 0.368 e. The quantitative estimate of drug-likeness (QED) is 0.541. The lowest BCUT2D eigenvalue weighted by molar-refractivity contribution is -0.120. The smallest absolute Gasteiger partial charge is 0.239 e. The van der Waals surface area contributed by atoms with Crippen molar-refractivity contribution in [1.29, 1.82) is 0 Å². The topological polar surface area (TPSA) is 80.0 Å². The molecule has 0 aliphatic carbocycles. The normalized spacial score (nSPS) is 13.8. The Morgan fingerprint density at radius 1 is 1.19 bits per heavy atom. The number of primary amides is 1. The van der Waals surface area contributed by atoms with Gasteiger partial charge < -0.3 is 16.4 Å². The number of nitrogens with zero attached hydrogens (tertiary/aromatic N) is 1. The van der Waals surface area contributed by atoms with Crippen LogP contribution in [0.1, 0.15) is 45.2 Å². The number of aromatic nitrogens is 1. The summed E-state index contributed by atoms with van der Waals surface area (Å²) in [6.45, 7) is 9.49. The van der Waals surface area contributed by atoms with E-state index in [-0.39, 0.29) is 5.91 Å². The van der Waals surface area contributed by atoms with E-state index in [2.05, 4.69) is 36.4 Å². The summed E-state index contributed by atoms with van der Waals surface area (Å²) in [5.74, 6) is 1.05. The number of hydrogen-bond acceptors (Lipinski definition) is 4. The molecule has 0 aliphatic rings. The Kier molecular flexibility index (Phi) is 8.01. The number of benzene rings is 1.